The summed E-state index contributed by atoms with van der Waals surface area (Å²) in [4.78, 5) is 19.5. The number of anilines is 1. The number of H-pyrrole nitrogens is 1. The molecule has 0 saturated carbocycles. The molecule has 0 spiro atoms. The number of aliphatic hydroxyl groups is 1. The molecule has 1 aliphatic heterocycles. The summed E-state index contributed by atoms with van der Waals surface area (Å²) < 4.78 is 0. The van der Waals surface area contributed by atoms with Gasteiger partial charge in [0, 0.05) is 39.6 Å². The van der Waals surface area contributed by atoms with Crippen molar-refractivity contribution in [1.29, 1.82) is 0 Å². The number of carbonyl (C=O) groups excluding carboxylic acids is 1. The molecular formula is C15H10ClN3O2. The normalized spacial score (nSPS) is 20.6. The van der Waals surface area contributed by atoms with Crippen molar-refractivity contribution in [1.82, 2.24) is 9.97 Å². The van der Waals surface area contributed by atoms with Gasteiger partial charge in [0.1, 0.15) is 5.65 Å². The van der Waals surface area contributed by atoms with Crippen molar-refractivity contribution in [3.8, 4) is 0 Å². The average molecular weight is 300 g/mol. The zero-order valence-electron chi connectivity index (χ0n) is 10.7. The number of aromatic nitrogens is 2. The van der Waals surface area contributed by atoms with Crippen LogP contribution in [0.1, 0.15) is 11.1 Å². The maximum atomic E-state index is 12.4. The summed E-state index contributed by atoms with van der Waals surface area (Å²) in [7, 11) is 0. The molecule has 0 bridgehead atoms. The first-order chi connectivity index (χ1) is 10.1. The molecule has 0 saturated heterocycles. The van der Waals surface area contributed by atoms with Crippen LogP contribution in [0.2, 0.25) is 5.02 Å². The number of aromatic amines is 1. The number of hydrogen-bond donors (Lipinski definition) is 3. The fourth-order valence-electron chi connectivity index (χ4n) is 2.78. The molecule has 4 rings (SSSR count). The molecule has 21 heavy (non-hydrogen) atoms. The zero-order chi connectivity index (χ0) is 14.6. The predicted octanol–water partition coefficient (Wildman–Crippen LogP) is 2.40. The molecule has 6 heteroatoms. The molecule has 1 aromatic carbocycles. The highest BCUT2D eigenvalue weighted by Gasteiger charge is 2.48. The van der Waals surface area contributed by atoms with Crippen molar-refractivity contribution in [3.63, 3.8) is 0 Å². The van der Waals surface area contributed by atoms with E-state index in [2.05, 4.69) is 15.3 Å². The van der Waals surface area contributed by atoms with E-state index in [-0.39, 0.29) is 0 Å². The second-order valence-electron chi connectivity index (χ2n) is 4.96. The van der Waals surface area contributed by atoms with Crippen LogP contribution in [-0.4, -0.2) is 21.0 Å². The summed E-state index contributed by atoms with van der Waals surface area (Å²) in [5, 5.41) is 14.9. The first-order valence-corrected chi connectivity index (χ1v) is 6.75. The van der Waals surface area contributed by atoms with E-state index < -0.39 is 11.5 Å². The quantitative estimate of drug-likeness (QED) is 0.645. The number of pyridine rings is 1. The van der Waals surface area contributed by atoms with Crippen LogP contribution in [0, 0.1) is 0 Å². The van der Waals surface area contributed by atoms with Gasteiger partial charge in [0.25, 0.3) is 5.91 Å². The fourth-order valence-corrected chi connectivity index (χ4v) is 2.95. The SMILES string of the molecule is O=C1Nc2ccc(Cl)cc2C1(O)c1c[nH]c2ncccc12. The van der Waals surface area contributed by atoms with Crippen LogP contribution >= 0.6 is 11.6 Å². The lowest BCUT2D eigenvalue weighted by Crippen LogP contribution is -2.35. The lowest BCUT2D eigenvalue weighted by molar-refractivity contribution is -0.129. The molecule has 104 valence electrons. The summed E-state index contributed by atoms with van der Waals surface area (Å²) in [6.45, 7) is 0. The minimum absolute atomic E-state index is 0.449. The summed E-state index contributed by atoms with van der Waals surface area (Å²) >= 11 is 6.01. The number of nitrogens with zero attached hydrogens (tertiary/aromatic N) is 1. The Balaban J connectivity index is 2.03. The molecule has 0 radical (unpaired) electrons. The van der Waals surface area contributed by atoms with E-state index in [1.807, 2.05) is 6.07 Å². The molecule has 3 N–H and O–H groups in total. The topological polar surface area (TPSA) is 78.0 Å². The van der Waals surface area contributed by atoms with Crippen LogP contribution in [0.5, 0.6) is 0 Å². The summed E-state index contributed by atoms with van der Waals surface area (Å²) in [6, 6.07) is 8.52. The molecule has 0 fully saturated rings. The molecule has 1 amide bonds. The van der Waals surface area contributed by atoms with Crippen LogP contribution in [0.15, 0.2) is 42.7 Å². The van der Waals surface area contributed by atoms with Gasteiger partial charge in [-0.05, 0) is 30.3 Å². The lowest BCUT2D eigenvalue weighted by Gasteiger charge is -2.20. The Kier molecular flexibility index (Phi) is 2.40. The van der Waals surface area contributed by atoms with Gasteiger partial charge >= 0.3 is 0 Å². The third-order valence-corrected chi connectivity index (χ3v) is 4.02. The van der Waals surface area contributed by atoms with E-state index in [1.165, 1.54) is 0 Å². The van der Waals surface area contributed by atoms with Crippen molar-refractivity contribution >= 4 is 34.2 Å². The molecule has 1 atom stereocenters. The molecule has 2 aromatic heterocycles. The number of rotatable bonds is 1. The van der Waals surface area contributed by atoms with Gasteiger partial charge in [-0.1, -0.05) is 11.6 Å². The standard InChI is InChI=1S/C15H10ClN3O2/c16-8-3-4-12-10(6-8)15(21,14(20)19-12)11-7-18-13-9(11)2-1-5-17-13/h1-7,21H,(H,17,18)(H,19,20). The highest BCUT2D eigenvalue weighted by molar-refractivity contribution is 6.31. The largest absolute Gasteiger partial charge is 0.372 e. The van der Waals surface area contributed by atoms with Gasteiger partial charge < -0.3 is 15.4 Å². The minimum Gasteiger partial charge on any atom is -0.372 e. The monoisotopic (exact) mass is 299 g/mol. The van der Waals surface area contributed by atoms with Gasteiger partial charge in [-0.15, -0.1) is 0 Å². The number of nitrogens with one attached hydrogen (secondary N) is 2. The van der Waals surface area contributed by atoms with E-state index >= 15 is 0 Å². The van der Waals surface area contributed by atoms with Gasteiger partial charge in [-0.25, -0.2) is 4.98 Å². The molecule has 1 aliphatic rings. The Morgan fingerprint density at radius 1 is 1.24 bits per heavy atom. The van der Waals surface area contributed by atoms with Crippen LogP contribution in [-0.2, 0) is 10.4 Å². The van der Waals surface area contributed by atoms with Gasteiger partial charge in [0.05, 0.1) is 0 Å². The lowest BCUT2D eigenvalue weighted by atomic mass is 9.87. The minimum atomic E-state index is -1.78. The van der Waals surface area contributed by atoms with Gasteiger partial charge in [0.2, 0.25) is 0 Å². The first kappa shape index (κ1) is 12.4. The molecule has 5 nitrogen and oxygen atoms in total. The van der Waals surface area contributed by atoms with E-state index in [4.69, 9.17) is 11.6 Å². The van der Waals surface area contributed by atoms with Crippen LogP contribution in [0.3, 0.4) is 0 Å². The second kappa shape index (κ2) is 4.07. The average Bonchev–Trinajstić information content (AvgIpc) is 3.01. The van der Waals surface area contributed by atoms with Gasteiger partial charge in [0.15, 0.2) is 5.60 Å². The maximum Gasteiger partial charge on any atom is 0.265 e. The number of benzene rings is 1. The zero-order valence-corrected chi connectivity index (χ0v) is 11.5. The summed E-state index contributed by atoms with van der Waals surface area (Å²) in [6.07, 6.45) is 3.25. The van der Waals surface area contributed by atoms with E-state index in [9.17, 15) is 9.90 Å². The van der Waals surface area contributed by atoms with E-state index in [0.29, 0.717) is 32.9 Å². The highest BCUT2D eigenvalue weighted by atomic mass is 35.5. The summed E-state index contributed by atoms with van der Waals surface area (Å²) in [5.41, 5.74) is 0.310. The van der Waals surface area contributed by atoms with Crippen molar-refractivity contribution < 1.29 is 9.90 Å². The maximum absolute atomic E-state index is 12.4. The number of halogens is 1. The van der Waals surface area contributed by atoms with Gasteiger partial charge in [-0.3, -0.25) is 4.79 Å². The number of hydrogen-bond acceptors (Lipinski definition) is 3. The molecular weight excluding hydrogens is 290 g/mol. The van der Waals surface area contributed by atoms with Crippen LogP contribution in [0.25, 0.3) is 11.0 Å². The van der Waals surface area contributed by atoms with Crippen molar-refractivity contribution in [3.05, 3.63) is 58.9 Å². The van der Waals surface area contributed by atoms with E-state index in [1.54, 1.807) is 36.7 Å². The van der Waals surface area contributed by atoms with Crippen molar-refractivity contribution in [2.45, 2.75) is 5.60 Å². The van der Waals surface area contributed by atoms with Crippen LogP contribution in [0.4, 0.5) is 5.69 Å². The number of carbonyl (C=O) groups is 1. The molecule has 1 unspecified atom stereocenters. The number of fused-ring (bicyclic) bond motifs is 2. The Morgan fingerprint density at radius 3 is 2.95 bits per heavy atom. The highest BCUT2D eigenvalue weighted by Crippen LogP contribution is 2.43. The van der Waals surface area contributed by atoms with Crippen LogP contribution < -0.4 is 5.32 Å². The van der Waals surface area contributed by atoms with E-state index in [0.717, 1.165) is 0 Å². The Morgan fingerprint density at radius 2 is 2.10 bits per heavy atom. The fraction of sp³-hybridized carbons (Fsp3) is 0.0667. The molecule has 3 aromatic rings. The molecule has 0 aliphatic carbocycles. The first-order valence-electron chi connectivity index (χ1n) is 6.37. The predicted molar refractivity (Wildman–Crippen MR) is 79.2 cm³/mol. The Labute approximate surface area is 124 Å². The summed E-state index contributed by atoms with van der Waals surface area (Å²) in [5.74, 6) is -0.496. The smallest absolute Gasteiger partial charge is 0.265 e. The van der Waals surface area contributed by atoms with Crippen molar-refractivity contribution in [2.24, 2.45) is 0 Å². The third-order valence-electron chi connectivity index (χ3n) is 3.79. The second-order valence-corrected chi connectivity index (χ2v) is 5.39. The van der Waals surface area contributed by atoms with Gasteiger partial charge in [-0.2, -0.15) is 0 Å². The number of amides is 1. The Hall–Kier alpha value is -2.37. The Bertz CT molecular complexity index is 890. The molecule has 3 heterocycles. The third kappa shape index (κ3) is 1.55. The van der Waals surface area contributed by atoms with Crippen molar-refractivity contribution in [2.75, 3.05) is 5.32 Å².